The van der Waals surface area contributed by atoms with Crippen LogP contribution in [0.25, 0.3) is 33.6 Å². The molecule has 0 atom stereocenters. The predicted molar refractivity (Wildman–Crippen MR) is 132 cm³/mol. The lowest BCUT2D eigenvalue weighted by Gasteiger charge is -2.13. The third-order valence-corrected chi connectivity index (χ3v) is 5.67. The van der Waals surface area contributed by atoms with Crippen LogP contribution in [-0.2, 0) is 6.42 Å². The normalized spacial score (nSPS) is 11.9. The van der Waals surface area contributed by atoms with E-state index in [0.29, 0.717) is 11.3 Å². The quantitative estimate of drug-likeness (QED) is 0.335. The van der Waals surface area contributed by atoms with E-state index in [9.17, 15) is 5.26 Å². The fourth-order valence-electron chi connectivity index (χ4n) is 4.00. The Morgan fingerprint density at radius 3 is 2.44 bits per heavy atom. The van der Waals surface area contributed by atoms with Crippen LogP contribution < -0.4 is 0 Å². The highest BCUT2D eigenvalue weighted by molar-refractivity contribution is 5.98. The van der Waals surface area contributed by atoms with Crippen LogP contribution in [0.1, 0.15) is 43.2 Å². The predicted octanol–water partition coefficient (Wildman–Crippen LogP) is 6.81. The molecular weight excluding hydrogens is 392 g/mol. The Labute approximate surface area is 189 Å². The van der Waals surface area contributed by atoms with E-state index in [-0.39, 0.29) is 0 Å². The highest BCUT2D eigenvalue weighted by Crippen LogP contribution is 2.36. The van der Waals surface area contributed by atoms with Gasteiger partial charge in [0.15, 0.2) is 5.65 Å². The molecule has 0 radical (unpaired) electrons. The number of allylic oxidation sites excluding steroid dienone is 4. The van der Waals surface area contributed by atoms with Gasteiger partial charge < -0.3 is 0 Å². The Morgan fingerprint density at radius 2 is 1.81 bits per heavy atom. The van der Waals surface area contributed by atoms with E-state index >= 15 is 0 Å². The van der Waals surface area contributed by atoms with Crippen molar-refractivity contribution in [1.82, 2.24) is 14.8 Å². The number of para-hydroxylation sites is 1. The van der Waals surface area contributed by atoms with E-state index in [4.69, 9.17) is 10.1 Å². The van der Waals surface area contributed by atoms with Gasteiger partial charge in [-0.25, -0.2) is 9.67 Å². The minimum atomic E-state index is 0.579. The monoisotopic (exact) mass is 418 g/mol. The summed E-state index contributed by atoms with van der Waals surface area (Å²) < 4.78 is 1.88. The summed E-state index contributed by atoms with van der Waals surface area (Å²) in [6, 6.07) is 20.8. The molecular formula is C28H26N4. The molecule has 0 aliphatic heterocycles. The lowest BCUT2D eigenvalue weighted by Crippen LogP contribution is -2.02. The van der Waals surface area contributed by atoms with E-state index in [2.05, 4.69) is 37.3 Å². The van der Waals surface area contributed by atoms with Gasteiger partial charge >= 0.3 is 0 Å². The molecule has 0 fully saturated rings. The molecule has 2 aromatic carbocycles. The van der Waals surface area contributed by atoms with Gasteiger partial charge in [0.2, 0.25) is 0 Å². The van der Waals surface area contributed by atoms with Crippen molar-refractivity contribution in [2.45, 2.75) is 34.1 Å². The second-order valence-corrected chi connectivity index (χ2v) is 7.78. The van der Waals surface area contributed by atoms with Gasteiger partial charge in [0.05, 0.1) is 28.0 Å². The van der Waals surface area contributed by atoms with Crippen LogP contribution in [-0.4, -0.2) is 14.8 Å². The van der Waals surface area contributed by atoms with E-state index in [1.165, 1.54) is 5.56 Å². The Morgan fingerprint density at radius 1 is 1.09 bits per heavy atom. The van der Waals surface area contributed by atoms with Crippen molar-refractivity contribution < 1.29 is 0 Å². The van der Waals surface area contributed by atoms with Crippen molar-refractivity contribution in [2.75, 3.05) is 0 Å². The Hall–Kier alpha value is -3.97. The molecule has 0 aliphatic carbocycles. The van der Waals surface area contributed by atoms with E-state index < -0.39 is 0 Å². The van der Waals surface area contributed by atoms with E-state index in [0.717, 1.165) is 45.5 Å². The van der Waals surface area contributed by atoms with Crippen LogP contribution >= 0.6 is 0 Å². The maximum Gasteiger partial charge on any atom is 0.164 e. The molecule has 158 valence electrons. The van der Waals surface area contributed by atoms with Crippen LogP contribution in [0.5, 0.6) is 0 Å². The summed E-state index contributed by atoms with van der Waals surface area (Å²) in [5.41, 5.74) is 7.89. The first-order chi connectivity index (χ1) is 15.6. The number of hydrogen-bond acceptors (Lipinski definition) is 3. The van der Waals surface area contributed by atoms with Crippen LogP contribution in [0, 0.1) is 18.3 Å². The maximum atomic E-state index is 10.2. The van der Waals surface area contributed by atoms with Gasteiger partial charge in [-0.1, -0.05) is 67.6 Å². The molecule has 0 spiro atoms. The molecule has 4 aromatic rings. The molecule has 0 aliphatic rings. The zero-order valence-corrected chi connectivity index (χ0v) is 18.9. The second-order valence-electron chi connectivity index (χ2n) is 7.78. The fraction of sp³-hybridized carbons (Fsp3) is 0.179. The highest BCUT2D eigenvalue weighted by atomic mass is 15.3. The third kappa shape index (κ3) is 3.74. The number of pyridine rings is 1. The average molecular weight is 419 g/mol. The summed E-state index contributed by atoms with van der Waals surface area (Å²) in [4.78, 5) is 5.02. The molecule has 4 heteroatoms. The number of aryl methyl sites for hydroxylation is 2. The largest absolute Gasteiger partial charge is 0.226 e. The van der Waals surface area contributed by atoms with Gasteiger partial charge in [-0.15, -0.1) is 0 Å². The van der Waals surface area contributed by atoms with Gasteiger partial charge in [-0.05, 0) is 50.5 Å². The van der Waals surface area contributed by atoms with Gasteiger partial charge in [-0.2, -0.15) is 10.4 Å². The zero-order chi connectivity index (χ0) is 22.7. The molecule has 0 unspecified atom stereocenters. The zero-order valence-electron chi connectivity index (χ0n) is 18.9. The summed E-state index contributed by atoms with van der Waals surface area (Å²) in [6.45, 7) is 8.14. The number of fused-ring (bicyclic) bond motifs is 1. The van der Waals surface area contributed by atoms with Crippen molar-refractivity contribution >= 4 is 16.6 Å². The average Bonchev–Trinajstić information content (AvgIpc) is 3.17. The molecule has 2 heterocycles. The number of rotatable bonds is 5. The number of benzene rings is 2. The molecule has 0 saturated carbocycles. The molecule has 0 bridgehead atoms. The molecule has 0 amide bonds. The summed E-state index contributed by atoms with van der Waals surface area (Å²) in [7, 11) is 0. The van der Waals surface area contributed by atoms with E-state index in [1.54, 1.807) is 0 Å². The second kappa shape index (κ2) is 9.03. The molecule has 2 aromatic heterocycles. The fourth-order valence-corrected chi connectivity index (χ4v) is 4.00. The van der Waals surface area contributed by atoms with Gasteiger partial charge in [-0.3, -0.25) is 0 Å². The smallest absolute Gasteiger partial charge is 0.164 e. The first kappa shape index (κ1) is 21.3. The lowest BCUT2D eigenvalue weighted by atomic mass is 9.93. The van der Waals surface area contributed by atoms with Crippen LogP contribution in [0.4, 0.5) is 0 Å². The summed E-state index contributed by atoms with van der Waals surface area (Å²) in [6.07, 6.45) is 6.99. The Kier molecular flexibility index (Phi) is 6.00. The van der Waals surface area contributed by atoms with E-state index in [1.807, 2.05) is 74.0 Å². The SMILES string of the molecule is C/C=C\C=C(/C)c1c(C#N)c(-c2ccc(CC)cc2)nc2c1c(C)nn2-c1ccccc1. The third-order valence-electron chi connectivity index (χ3n) is 5.67. The molecule has 4 rings (SSSR count). The van der Waals surface area contributed by atoms with Crippen molar-refractivity contribution in [2.24, 2.45) is 0 Å². The molecule has 0 saturated heterocycles. The van der Waals surface area contributed by atoms with Crippen LogP contribution in [0.3, 0.4) is 0 Å². The summed E-state index contributed by atoms with van der Waals surface area (Å²) in [5, 5.41) is 16.0. The Bertz CT molecular complexity index is 1370. The maximum absolute atomic E-state index is 10.2. The number of hydrogen-bond donors (Lipinski definition) is 0. The molecule has 32 heavy (non-hydrogen) atoms. The minimum absolute atomic E-state index is 0.579. The summed E-state index contributed by atoms with van der Waals surface area (Å²) in [5.74, 6) is 0. The number of nitrogens with zero attached hydrogens (tertiary/aromatic N) is 4. The standard InChI is InChI=1S/C28H26N4/c1-5-7-11-19(3)25-24(18-29)27(22-16-14-21(6-2)15-17-22)30-28-26(25)20(4)31-32(28)23-12-9-8-10-13-23/h5,7-17H,6H2,1-4H3/b7-5-,19-11+. The van der Waals surface area contributed by atoms with Crippen molar-refractivity contribution in [1.29, 1.82) is 5.26 Å². The molecule has 4 nitrogen and oxygen atoms in total. The number of nitriles is 1. The lowest BCUT2D eigenvalue weighted by molar-refractivity contribution is 0.878. The topological polar surface area (TPSA) is 54.5 Å². The van der Waals surface area contributed by atoms with Gasteiger partial charge in [0.25, 0.3) is 0 Å². The van der Waals surface area contributed by atoms with Crippen LogP contribution in [0.15, 0.2) is 72.8 Å². The first-order valence-electron chi connectivity index (χ1n) is 10.9. The first-order valence-corrected chi connectivity index (χ1v) is 10.9. The van der Waals surface area contributed by atoms with Gasteiger partial charge in [0, 0.05) is 11.1 Å². The highest BCUT2D eigenvalue weighted by Gasteiger charge is 2.23. The summed E-state index contributed by atoms with van der Waals surface area (Å²) >= 11 is 0. The number of aromatic nitrogens is 3. The van der Waals surface area contributed by atoms with Crippen molar-refractivity contribution in [3.8, 4) is 23.0 Å². The molecule has 0 N–H and O–H groups in total. The van der Waals surface area contributed by atoms with Crippen molar-refractivity contribution in [3.63, 3.8) is 0 Å². The van der Waals surface area contributed by atoms with Gasteiger partial charge in [0.1, 0.15) is 6.07 Å². The van der Waals surface area contributed by atoms with Crippen molar-refractivity contribution in [3.05, 3.63) is 95.2 Å². The Balaban J connectivity index is 2.12. The van der Waals surface area contributed by atoms with Crippen LogP contribution in [0.2, 0.25) is 0 Å². The minimum Gasteiger partial charge on any atom is -0.226 e.